The molecule has 0 aromatic heterocycles. The van der Waals surface area contributed by atoms with Gasteiger partial charge in [0.05, 0.1) is 12.4 Å². The number of nitrogens with two attached hydrogens (primary N) is 1. The fourth-order valence-electron chi connectivity index (χ4n) is 1.79. The third-order valence-electron chi connectivity index (χ3n) is 2.85. The zero-order valence-corrected chi connectivity index (χ0v) is 11.4. The molecular weight excluding hydrogens is 262 g/mol. The topological polar surface area (TPSA) is 72.5 Å². The highest BCUT2D eigenvalue weighted by molar-refractivity contribution is 7.99. The van der Waals surface area contributed by atoms with Crippen molar-refractivity contribution >= 4 is 17.7 Å². The molecule has 19 heavy (non-hydrogen) atoms. The third kappa shape index (κ3) is 4.29. The average Bonchev–Trinajstić information content (AvgIpc) is 2.91. The Balaban J connectivity index is 1.85. The lowest BCUT2D eigenvalue weighted by Crippen LogP contribution is -2.32. The van der Waals surface area contributed by atoms with E-state index in [2.05, 4.69) is 6.08 Å². The van der Waals surface area contributed by atoms with Gasteiger partial charge in [-0.3, -0.25) is 4.79 Å². The van der Waals surface area contributed by atoms with E-state index >= 15 is 0 Å². The van der Waals surface area contributed by atoms with Crippen molar-refractivity contribution in [1.29, 1.82) is 0 Å². The van der Waals surface area contributed by atoms with E-state index in [1.54, 1.807) is 11.8 Å². The van der Waals surface area contributed by atoms with Gasteiger partial charge in [-0.1, -0.05) is 12.1 Å². The van der Waals surface area contributed by atoms with Crippen LogP contribution in [-0.4, -0.2) is 29.5 Å². The van der Waals surface area contributed by atoms with Gasteiger partial charge in [0.25, 0.3) is 0 Å². The van der Waals surface area contributed by atoms with Crippen LogP contribution in [0.1, 0.15) is 12.0 Å². The molecule has 1 atom stereocenters. The highest BCUT2D eigenvalue weighted by Gasteiger charge is 2.12. The highest BCUT2D eigenvalue weighted by Crippen LogP contribution is 2.23. The smallest absolute Gasteiger partial charge is 0.320 e. The average molecular weight is 279 g/mol. The summed E-state index contributed by atoms with van der Waals surface area (Å²) in [6.45, 7) is 0.794. The first-order valence-electron chi connectivity index (χ1n) is 6.17. The second kappa shape index (κ2) is 6.63. The van der Waals surface area contributed by atoms with Crippen LogP contribution in [0.2, 0.25) is 0 Å². The fourth-order valence-corrected chi connectivity index (χ4v) is 2.63. The second-order valence-electron chi connectivity index (χ2n) is 4.39. The molecule has 102 valence electrons. The van der Waals surface area contributed by atoms with Crippen LogP contribution < -0.4 is 5.73 Å². The summed E-state index contributed by atoms with van der Waals surface area (Å²) in [6.07, 6.45) is 3.48. The van der Waals surface area contributed by atoms with Crippen LogP contribution in [0, 0.1) is 0 Å². The maximum absolute atomic E-state index is 10.7. The van der Waals surface area contributed by atoms with Gasteiger partial charge in [0.2, 0.25) is 0 Å². The van der Waals surface area contributed by atoms with Gasteiger partial charge in [0, 0.05) is 11.3 Å². The van der Waals surface area contributed by atoms with Crippen molar-refractivity contribution in [1.82, 2.24) is 0 Å². The van der Waals surface area contributed by atoms with Gasteiger partial charge < -0.3 is 15.6 Å². The number of hydrogen-bond donors (Lipinski definition) is 2. The Hall–Kier alpha value is -1.46. The summed E-state index contributed by atoms with van der Waals surface area (Å²) in [6, 6.07) is 6.99. The fraction of sp³-hybridized carbons (Fsp3) is 0.357. The molecule has 2 rings (SSSR count). The van der Waals surface area contributed by atoms with Crippen LogP contribution in [0.5, 0.6) is 0 Å². The summed E-state index contributed by atoms with van der Waals surface area (Å²) in [5, 5.41) is 8.75. The summed E-state index contributed by atoms with van der Waals surface area (Å²) in [4.78, 5) is 11.8. The molecular formula is C14H17NO3S. The number of carboxylic acid groups (broad SMARTS) is 1. The standard InChI is InChI=1S/C14H17NO3S/c15-13(14(16)17)8-10-3-5-12(6-4-10)19-9-11-2-1-7-18-11/h2-6,13H,1,7-9,15H2,(H,16,17). The van der Waals surface area contributed by atoms with Gasteiger partial charge in [0.15, 0.2) is 0 Å². The van der Waals surface area contributed by atoms with Crippen molar-refractivity contribution in [3.05, 3.63) is 41.7 Å². The zero-order chi connectivity index (χ0) is 13.7. The Morgan fingerprint density at radius 2 is 2.16 bits per heavy atom. The first-order chi connectivity index (χ1) is 9.15. The molecule has 0 fully saturated rings. The van der Waals surface area contributed by atoms with Crippen molar-refractivity contribution in [2.45, 2.75) is 23.8 Å². The maximum atomic E-state index is 10.7. The predicted octanol–water partition coefficient (Wildman–Crippen LogP) is 2.04. The Bertz CT molecular complexity index is 470. The summed E-state index contributed by atoms with van der Waals surface area (Å²) < 4.78 is 5.44. The van der Waals surface area contributed by atoms with E-state index in [0.717, 1.165) is 35.0 Å². The summed E-state index contributed by atoms with van der Waals surface area (Å²) in [5.74, 6) is 0.916. The Labute approximate surface area is 116 Å². The highest BCUT2D eigenvalue weighted by atomic mass is 32.2. The molecule has 1 unspecified atom stereocenters. The van der Waals surface area contributed by atoms with Crippen molar-refractivity contribution in [2.24, 2.45) is 5.73 Å². The summed E-state index contributed by atoms with van der Waals surface area (Å²) >= 11 is 1.71. The monoisotopic (exact) mass is 279 g/mol. The van der Waals surface area contributed by atoms with Crippen molar-refractivity contribution in [3.8, 4) is 0 Å². The molecule has 0 spiro atoms. The lowest BCUT2D eigenvalue weighted by Gasteiger charge is -2.08. The predicted molar refractivity (Wildman–Crippen MR) is 75.1 cm³/mol. The number of benzene rings is 1. The van der Waals surface area contributed by atoms with Gasteiger partial charge >= 0.3 is 5.97 Å². The van der Waals surface area contributed by atoms with E-state index in [-0.39, 0.29) is 0 Å². The Morgan fingerprint density at radius 1 is 1.42 bits per heavy atom. The number of hydrogen-bond acceptors (Lipinski definition) is 4. The largest absolute Gasteiger partial charge is 0.497 e. The molecule has 1 aliphatic rings. The van der Waals surface area contributed by atoms with Crippen LogP contribution in [0.25, 0.3) is 0 Å². The Kier molecular flexibility index (Phi) is 4.87. The lowest BCUT2D eigenvalue weighted by atomic mass is 10.1. The van der Waals surface area contributed by atoms with E-state index < -0.39 is 12.0 Å². The SMILES string of the molecule is NC(Cc1ccc(SCC2=CCCO2)cc1)C(=O)O. The Morgan fingerprint density at radius 3 is 2.74 bits per heavy atom. The van der Waals surface area contributed by atoms with Gasteiger partial charge in [-0.05, 0) is 30.2 Å². The molecule has 1 aromatic rings. The molecule has 0 bridgehead atoms. The van der Waals surface area contributed by atoms with Crippen LogP contribution in [-0.2, 0) is 16.0 Å². The minimum atomic E-state index is -0.969. The lowest BCUT2D eigenvalue weighted by molar-refractivity contribution is -0.138. The molecule has 0 saturated heterocycles. The molecule has 0 amide bonds. The minimum absolute atomic E-state index is 0.356. The molecule has 1 heterocycles. The van der Waals surface area contributed by atoms with E-state index in [4.69, 9.17) is 15.6 Å². The van der Waals surface area contributed by atoms with Gasteiger partial charge in [-0.25, -0.2) is 0 Å². The van der Waals surface area contributed by atoms with E-state index in [1.165, 1.54) is 0 Å². The molecule has 0 radical (unpaired) electrons. The molecule has 1 aliphatic heterocycles. The second-order valence-corrected chi connectivity index (χ2v) is 5.44. The van der Waals surface area contributed by atoms with Gasteiger partial charge in [-0.15, -0.1) is 11.8 Å². The summed E-state index contributed by atoms with van der Waals surface area (Å²) in [7, 11) is 0. The number of ether oxygens (including phenoxy) is 1. The molecule has 5 heteroatoms. The minimum Gasteiger partial charge on any atom is -0.497 e. The zero-order valence-electron chi connectivity index (χ0n) is 10.5. The number of rotatable bonds is 6. The van der Waals surface area contributed by atoms with Crippen LogP contribution in [0.4, 0.5) is 0 Å². The van der Waals surface area contributed by atoms with Crippen LogP contribution >= 0.6 is 11.8 Å². The van der Waals surface area contributed by atoms with Gasteiger partial charge in [-0.2, -0.15) is 0 Å². The number of thioether (sulfide) groups is 1. The van der Waals surface area contributed by atoms with E-state index in [1.807, 2.05) is 24.3 Å². The van der Waals surface area contributed by atoms with Crippen LogP contribution in [0.3, 0.4) is 0 Å². The van der Waals surface area contributed by atoms with E-state index in [0.29, 0.717) is 6.42 Å². The maximum Gasteiger partial charge on any atom is 0.320 e. The summed E-state index contributed by atoms with van der Waals surface area (Å²) in [5.41, 5.74) is 6.44. The number of aliphatic carboxylic acids is 1. The number of carboxylic acids is 1. The number of carbonyl (C=O) groups is 1. The van der Waals surface area contributed by atoms with Crippen molar-refractivity contribution < 1.29 is 14.6 Å². The third-order valence-corrected chi connectivity index (χ3v) is 3.89. The molecule has 3 N–H and O–H groups in total. The van der Waals surface area contributed by atoms with Crippen molar-refractivity contribution in [3.63, 3.8) is 0 Å². The van der Waals surface area contributed by atoms with Crippen LogP contribution in [0.15, 0.2) is 41.0 Å². The molecule has 4 nitrogen and oxygen atoms in total. The van der Waals surface area contributed by atoms with E-state index in [9.17, 15) is 4.79 Å². The first kappa shape index (κ1) is 14.0. The normalized spacial score (nSPS) is 15.7. The molecule has 1 aromatic carbocycles. The van der Waals surface area contributed by atoms with Crippen molar-refractivity contribution in [2.75, 3.05) is 12.4 Å². The first-order valence-corrected chi connectivity index (χ1v) is 7.15. The molecule has 0 aliphatic carbocycles. The molecule has 0 saturated carbocycles. The quantitative estimate of drug-likeness (QED) is 0.780. The van der Waals surface area contributed by atoms with Gasteiger partial charge in [0.1, 0.15) is 11.8 Å².